The van der Waals surface area contributed by atoms with Crippen LogP contribution < -0.4 is 10.6 Å². The van der Waals surface area contributed by atoms with Crippen molar-refractivity contribution >= 4 is 18.0 Å². The minimum Gasteiger partial charge on any atom is -0.481 e. The van der Waals surface area contributed by atoms with Gasteiger partial charge in [0.25, 0.3) is 0 Å². The van der Waals surface area contributed by atoms with Crippen molar-refractivity contribution in [3.8, 4) is 11.1 Å². The second-order valence-electron chi connectivity index (χ2n) is 8.98. The van der Waals surface area contributed by atoms with Gasteiger partial charge in [0.05, 0.1) is 5.92 Å². The minimum absolute atomic E-state index is 0.0268. The third-order valence-electron chi connectivity index (χ3n) is 6.63. The summed E-state index contributed by atoms with van der Waals surface area (Å²) < 4.78 is 5.53. The fourth-order valence-electron chi connectivity index (χ4n) is 5.04. The van der Waals surface area contributed by atoms with Crippen molar-refractivity contribution in [2.24, 2.45) is 5.92 Å². The molecule has 2 amide bonds. The third kappa shape index (κ3) is 5.18. The number of carboxylic acid groups (broad SMARTS) is 1. The zero-order chi connectivity index (χ0) is 23.4. The van der Waals surface area contributed by atoms with Gasteiger partial charge >= 0.3 is 12.1 Å². The number of rotatable bonds is 7. The van der Waals surface area contributed by atoms with E-state index in [1.165, 1.54) is 0 Å². The Morgan fingerprint density at radius 3 is 2.24 bits per heavy atom. The molecule has 1 saturated carbocycles. The highest BCUT2D eigenvalue weighted by Gasteiger charge is 2.32. The lowest BCUT2D eigenvalue weighted by Gasteiger charge is -2.29. The van der Waals surface area contributed by atoms with Crippen molar-refractivity contribution in [3.05, 3.63) is 59.7 Å². The summed E-state index contributed by atoms with van der Waals surface area (Å²) in [5.74, 6) is -1.71. The number of fused-ring (bicyclic) bond motifs is 3. The van der Waals surface area contributed by atoms with Gasteiger partial charge in [0.2, 0.25) is 5.91 Å². The highest BCUT2D eigenvalue weighted by Crippen LogP contribution is 2.44. The zero-order valence-corrected chi connectivity index (χ0v) is 18.8. The van der Waals surface area contributed by atoms with Crippen LogP contribution in [0, 0.1) is 5.92 Å². The maximum atomic E-state index is 12.4. The Bertz CT molecular complexity index is 991. The normalized spacial score (nSPS) is 20.3. The third-order valence-corrected chi connectivity index (χ3v) is 6.63. The molecule has 0 bridgehead atoms. The molecule has 0 saturated heterocycles. The smallest absolute Gasteiger partial charge is 0.407 e. The van der Waals surface area contributed by atoms with Gasteiger partial charge in [0.15, 0.2) is 0 Å². The summed E-state index contributed by atoms with van der Waals surface area (Å²) in [6.45, 7) is 1.94. The first-order chi connectivity index (χ1) is 15.9. The van der Waals surface area contributed by atoms with E-state index in [2.05, 4.69) is 34.9 Å². The molecule has 0 radical (unpaired) electrons. The molecule has 4 rings (SSSR count). The Kier molecular flexibility index (Phi) is 6.96. The molecule has 0 heterocycles. The van der Waals surface area contributed by atoms with Gasteiger partial charge in [-0.1, -0.05) is 61.4 Å². The van der Waals surface area contributed by atoms with Crippen LogP contribution in [0.25, 0.3) is 11.1 Å². The SMILES string of the molecule is CC(CC(=O)N[C@H]1CCCC[C@H]1C(=O)O)NC(=O)OCC1c2ccccc2-c2ccccc21. The summed E-state index contributed by atoms with van der Waals surface area (Å²) in [5.41, 5.74) is 4.60. The molecule has 0 aromatic heterocycles. The molecule has 7 heteroatoms. The van der Waals surface area contributed by atoms with Crippen molar-refractivity contribution in [1.29, 1.82) is 0 Å². The summed E-state index contributed by atoms with van der Waals surface area (Å²) in [6.07, 6.45) is 2.50. The fourth-order valence-corrected chi connectivity index (χ4v) is 5.04. The number of hydrogen-bond donors (Lipinski definition) is 3. The Labute approximate surface area is 193 Å². The highest BCUT2D eigenvalue weighted by molar-refractivity contribution is 5.80. The predicted octanol–water partition coefficient (Wildman–Crippen LogP) is 4.06. The number of carbonyl (C=O) groups is 3. The second kappa shape index (κ2) is 10.1. The average molecular weight is 451 g/mol. The van der Waals surface area contributed by atoms with Crippen LogP contribution in [0.3, 0.4) is 0 Å². The molecule has 3 atom stereocenters. The van der Waals surface area contributed by atoms with Gasteiger partial charge in [-0.25, -0.2) is 4.79 Å². The first-order valence-electron chi connectivity index (χ1n) is 11.6. The van der Waals surface area contributed by atoms with E-state index in [-0.39, 0.29) is 30.9 Å². The van der Waals surface area contributed by atoms with E-state index in [1.807, 2.05) is 24.3 Å². The molecule has 2 aliphatic carbocycles. The molecule has 7 nitrogen and oxygen atoms in total. The van der Waals surface area contributed by atoms with Crippen LogP contribution in [0.15, 0.2) is 48.5 Å². The van der Waals surface area contributed by atoms with Crippen LogP contribution >= 0.6 is 0 Å². The first-order valence-corrected chi connectivity index (χ1v) is 11.6. The van der Waals surface area contributed by atoms with Crippen LogP contribution in [-0.2, 0) is 14.3 Å². The van der Waals surface area contributed by atoms with Crippen molar-refractivity contribution in [1.82, 2.24) is 10.6 Å². The lowest BCUT2D eigenvalue weighted by Crippen LogP contribution is -2.47. The van der Waals surface area contributed by atoms with Gasteiger partial charge in [-0.15, -0.1) is 0 Å². The van der Waals surface area contributed by atoms with E-state index in [1.54, 1.807) is 6.92 Å². The van der Waals surface area contributed by atoms with Gasteiger partial charge in [-0.05, 0) is 42.0 Å². The number of aliphatic carboxylic acids is 1. The zero-order valence-electron chi connectivity index (χ0n) is 18.8. The number of carbonyl (C=O) groups excluding carboxylic acids is 2. The van der Waals surface area contributed by atoms with Crippen LogP contribution in [0.5, 0.6) is 0 Å². The molecule has 0 spiro atoms. The molecule has 0 aliphatic heterocycles. The van der Waals surface area contributed by atoms with E-state index >= 15 is 0 Å². The monoisotopic (exact) mass is 450 g/mol. The van der Waals surface area contributed by atoms with E-state index in [9.17, 15) is 19.5 Å². The quantitative estimate of drug-likeness (QED) is 0.590. The van der Waals surface area contributed by atoms with Gasteiger partial charge in [-0.2, -0.15) is 0 Å². The summed E-state index contributed by atoms with van der Waals surface area (Å²) in [7, 11) is 0. The van der Waals surface area contributed by atoms with Crippen LogP contribution in [-0.4, -0.2) is 41.8 Å². The van der Waals surface area contributed by atoms with Gasteiger partial charge in [0.1, 0.15) is 6.61 Å². The largest absolute Gasteiger partial charge is 0.481 e. The molecule has 3 N–H and O–H groups in total. The number of nitrogens with one attached hydrogen (secondary N) is 2. The molecular weight excluding hydrogens is 420 g/mol. The number of ether oxygens (including phenoxy) is 1. The lowest BCUT2D eigenvalue weighted by molar-refractivity contribution is -0.144. The maximum absolute atomic E-state index is 12.4. The van der Waals surface area contributed by atoms with Crippen molar-refractivity contribution in [2.75, 3.05) is 6.61 Å². The first kappa shape index (κ1) is 22.8. The second-order valence-corrected chi connectivity index (χ2v) is 8.98. The minimum atomic E-state index is -0.871. The summed E-state index contributed by atoms with van der Waals surface area (Å²) in [6, 6.07) is 15.5. The van der Waals surface area contributed by atoms with Crippen molar-refractivity contribution < 1.29 is 24.2 Å². The van der Waals surface area contributed by atoms with Crippen LogP contribution in [0.1, 0.15) is 56.1 Å². The number of carboxylic acids is 1. The Balaban J connectivity index is 1.28. The van der Waals surface area contributed by atoms with E-state index in [0.29, 0.717) is 12.8 Å². The number of alkyl carbamates (subject to hydrolysis) is 1. The summed E-state index contributed by atoms with van der Waals surface area (Å²) in [5, 5.41) is 14.9. The number of amides is 2. The molecule has 1 fully saturated rings. The average Bonchev–Trinajstić information content (AvgIpc) is 3.11. The fraction of sp³-hybridized carbons (Fsp3) is 0.423. The van der Waals surface area contributed by atoms with E-state index in [0.717, 1.165) is 35.1 Å². The van der Waals surface area contributed by atoms with Crippen LogP contribution in [0.4, 0.5) is 4.79 Å². The molecular formula is C26H30N2O5. The predicted molar refractivity (Wildman–Crippen MR) is 124 cm³/mol. The highest BCUT2D eigenvalue weighted by atomic mass is 16.5. The van der Waals surface area contributed by atoms with Gasteiger partial charge in [-0.3, -0.25) is 9.59 Å². The van der Waals surface area contributed by atoms with Gasteiger partial charge < -0.3 is 20.5 Å². The van der Waals surface area contributed by atoms with E-state index < -0.39 is 24.0 Å². The van der Waals surface area contributed by atoms with Crippen molar-refractivity contribution in [3.63, 3.8) is 0 Å². The topological polar surface area (TPSA) is 105 Å². The standard InChI is InChI=1S/C26H30N2O5/c1-16(14-24(29)28-23-13-7-6-12-21(23)25(30)31)27-26(32)33-15-22-19-10-4-2-8-17(19)18-9-3-5-11-20(18)22/h2-5,8-11,16,21-23H,6-7,12-15H2,1H3,(H,27,32)(H,28,29)(H,30,31)/t16?,21-,23+/m1/s1. The van der Waals surface area contributed by atoms with E-state index in [4.69, 9.17) is 4.74 Å². The molecule has 33 heavy (non-hydrogen) atoms. The molecule has 1 unspecified atom stereocenters. The van der Waals surface area contributed by atoms with Crippen molar-refractivity contribution in [2.45, 2.75) is 57.0 Å². The summed E-state index contributed by atoms with van der Waals surface area (Å²) in [4.78, 5) is 36.2. The molecule has 2 aromatic carbocycles. The van der Waals surface area contributed by atoms with Gasteiger partial charge in [0, 0.05) is 24.4 Å². The maximum Gasteiger partial charge on any atom is 0.407 e. The molecule has 2 aliphatic rings. The molecule has 2 aromatic rings. The molecule has 174 valence electrons. The Morgan fingerprint density at radius 2 is 1.61 bits per heavy atom. The summed E-state index contributed by atoms with van der Waals surface area (Å²) >= 11 is 0. The Morgan fingerprint density at radius 1 is 1.00 bits per heavy atom. The number of benzene rings is 2. The lowest BCUT2D eigenvalue weighted by atomic mass is 9.84. The number of hydrogen-bond acceptors (Lipinski definition) is 4. The van der Waals surface area contributed by atoms with Crippen LogP contribution in [0.2, 0.25) is 0 Å². The Hall–Kier alpha value is -3.35.